The lowest BCUT2D eigenvalue weighted by Crippen LogP contribution is -2.43. The second-order valence-corrected chi connectivity index (χ2v) is 8.63. The molecule has 180 valence electrons. The maximum atomic E-state index is 13.3. The molecule has 0 aliphatic carbocycles. The quantitative estimate of drug-likeness (QED) is 0.276. The molecule has 34 heavy (non-hydrogen) atoms. The van der Waals surface area contributed by atoms with Gasteiger partial charge >= 0.3 is 0 Å². The molecule has 1 N–H and O–H groups in total. The first-order valence-corrected chi connectivity index (χ1v) is 11.3. The Morgan fingerprint density at radius 2 is 2.03 bits per heavy atom. The van der Waals surface area contributed by atoms with Crippen LogP contribution in [-0.2, 0) is 39.3 Å². The fourth-order valence-electron chi connectivity index (χ4n) is 3.49. The topological polar surface area (TPSA) is 114 Å². The van der Waals surface area contributed by atoms with Gasteiger partial charge in [-0.25, -0.2) is 9.87 Å². The number of nitrogens with zero attached hydrogens (tertiary/aromatic N) is 2. The summed E-state index contributed by atoms with van der Waals surface area (Å²) in [6, 6.07) is 12.8. The summed E-state index contributed by atoms with van der Waals surface area (Å²) in [7, 11) is 1.38. The van der Waals surface area contributed by atoms with Crippen molar-refractivity contribution in [2.24, 2.45) is 0 Å². The Morgan fingerprint density at radius 3 is 2.79 bits per heavy atom. The van der Waals surface area contributed by atoms with E-state index >= 15 is 0 Å². The van der Waals surface area contributed by atoms with E-state index in [0.717, 1.165) is 17.6 Å². The Labute approximate surface area is 200 Å². The number of amides is 1. The number of carbonyl (C=O) groups excluding carboxylic acids is 1. The predicted molar refractivity (Wildman–Crippen MR) is 122 cm³/mol. The molecule has 0 spiro atoms. The van der Waals surface area contributed by atoms with Crippen molar-refractivity contribution in [3.63, 3.8) is 0 Å². The second kappa shape index (κ2) is 10.4. The molecule has 3 aromatic rings. The molecule has 0 atom stereocenters. The molecule has 1 aliphatic rings. The SMILES string of the molecule is COOSc1ccc(CNC(=O)c2nc3n(c(=O)c2OCc2ccccc2)CCOC3(C)C)o1. The zero-order valence-electron chi connectivity index (χ0n) is 19.0. The fraction of sp³-hybridized carbons (Fsp3) is 0.348. The number of hydrogen-bond acceptors (Lipinski definition) is 9. The van der Waals surface area contributed by atoms with Gasteiger partial charge in [0.2, 0.25) is 5.75 Å². The lowest BCUT2D eigenvalue weighted by atomic mass is 10.1. The number of carbonyl (C=O) groups is 1. The standard InChI is InChI=1S/C23H25N3O7S/c1-23(2)22-25-18(20(27)24-13-16-9-10-17(32-16)34-33-29-3)19(21(28)26(22)11-12-31-23)30-14-15-7-5-4-6-8-15/h4-10H,11-14H2,1-3H3,(H,24,27). The number of fused-ring (bicyclic) bond motifs is 1. The summed E-state index contributed by atoms with van der Waals surface area (Å²) >= 11 is 0.904. The Kier molecular flexibility index (Phi) is 7.37. The molecule has 0 saturated heterocycles. The smallest absolute Gasteiger partial charge is 0.296 e. The van der Waals surface area contributed by atoms with Crippen LogP contribution in [0.3, 0.4) is 0 Å². The minimum atomic E-state index is -0.834. The van der Waals surface area contributed by atoms with Crippen LogP contribution in [0.15, 0.2) is 56.8 Å². The lowest BCUT2D eigenvalue weighted by molar-refractivity contribution is -0.160. The van der Waals surface area contributed by atoms with E-state index in [9.17, 15) is 9.59 Å². The second-order valence-electron chi connectivity index (χ2n) is 7.92. The van der Waals surface area contributed by atoms with Crippen molar-refractivity contribution >= 4 is 17.9 Å². The van der Waals surface area contributed by atoms with E-state index < -0.39 is 17.1 Å². The van der Waals surface area contributed by atoms with Gasteiger partial charge in [0, 0.05) is 0 Å². The molecule has 1 aromatic carbocycles. The molecule has 10 nitrogen and oxygen atoms in total. The molecule has 1 aliphatic heterocycles. The van der Waals surface area contributed by atoms with Gasteiger partial charge in [-0.15, -0.1) is 0 Å². The van der Waals surface area contributed by atoms with Gasteiger partial charge in [-0.3, -0.25) is 14.2 Å². The van der Waals surface area contributed by atoms with Gasteiger partial charge < -0.3 is 19.2 Å². The summed E-state index contributed by atoms with van der Waals surface area (Å²) in [4.78, 5) is 35.5. The van der Waals surface area contributed by atoms with Crippen LogP contribution in [0.1, 0.15) is 41.5 Å². The maximum Gasteiger partial charge on any atom is 0.296 e. The normalized spacial score (nSPS) is 14.4. The van der Waals surface area contributed by atoms with E-state index in [4.69, 9.17) is 18.2 Å². The van der Waals surface area contributed by atoms with E-state index in [-0.39, 0.29) is 24.6 Å². The van der Waals surface area contributed by atoms with Crippen LogP contribution in [0.5, 0.6) is 5.75 Å². The van der Waals surface area contributed by atoms with Crippen LogP contribution in [0.2, 0.25) is 0 Å². The van der Waals surface area contributed by atoms with E-state index in [1.54, 1.807) is 26.0 Å². The summed E-state index contributed by atoms with van der Waals surface area (Å²) in [6.45, 7) is 4.49. The van der Waals surface area contributed by atoms with Gasteiger partial charge in [0.15, 0.2) is 10.8 Å². The molecule has 0 unspecified atom stereocenters. The van der Waals surface area contributed by atoms with Crippen molar-refractivity contribution in [1.29, 1.82) is 0 Å². The predicted octanol–water partition coefficient (Wildman–Crippen LogP) is 3.20. The van der Waals surface area contributed by atoms with Gasteiger partial charge in [-0.1, -0.05) is 30.3 Å². The fourth-order valence-corrected chi connectivity index (χ4v) is 3.89. The van der Waals surface area contributed by atoms with Crippen molar-refractivity contribution in [2.75, 3.05) is 13.7 Å². The number of hydrogen-bond donors (Lipinski definition) is 1. The van der Waals surface area contributed by atoms with Crippen molar-refractivity contribution in [3.8, 4) is 5.75 Å². The number of benzene rings is 1. The molecule has 11 heteroatoms. The summed E-state index contributed by atoms with van der Waals surface area (Å²) in [5.41, 5.74) is -0.497. The van der Waals surface area contributed by atoms with Crippen molar-refractivity contribution in [1.82, 2.24) is 14.9 Å². The molecule has 1 amide bonds. The zero-order chi connectivity index (χ0) is 24.1. The number of nitrogens with one attached hydrogen (secondary N) is 1. The van der Waals surface area contributed by atoms with Gasteiger partial charge in [0.1, 0.15) is 35.8 Å². The summed E-state index contributed by atoms with van der Waals surface area (Å²) in [5, 5.41) is 3.20. The Balaban J connectivity index is 1.60. The summed E-state index contributed by atoms with van der Waals surface area (Å²) in [5.74, 6) is 0.186. The number of rotatable bonds is 9. The molecular weight excluding hydrogens is 462 g/mol. The average Bonchev–Trinajstić information content (AvgIpc) is 3.29. The highest BCUT2D eigenvalue weighted by atomic mass is 32.2. The van der Waals surface area contributed by atoms with E-state index in [2.05, 4.69) is 15.2 Å². The monoisotopic (exact) mass is 487 g/mol. The van der Waals surface area contributed by atoms with Gasteiger partial charge in [0.05, 0.1) is 26.8 Å². The highest BCUT2D eigenvalue weighted by molar-refractivity contribution is 7.94. The number of ether oxygens (including phenoxy) is 2. The molecule has 0 saturated carbocycles. The summed E-state index contributed by atoms with van der Waals surface area (Å²) in [6.07, 6.45) is 0. The van der Waals surface area contributed by atoms with E-state index in [1.807, 2.05) is 30.3 Å². The molecular formula is C23H25N3O7S. The van der Waals surface area contributed by atoms with Crippen molar-refractivity contribution < 1.29 is 27.9 Å². The molecule has 0 bridgehead atoms. The first-order chi connectivity index (χ1) is 16.4. The van der Waals surface area contributed by atoms with Crippen molar-refractivity contribution in [2.45, 2.75) is 44.2 Å². The van der Waals surface area contributed by atoms with E-state index in [0.29, 0.717) is 29.8 Å². The summed E-state index contributed by atoms with van der Waals surface area (Å²) < 4.78 is 23.5. The first-order valence-electron chi connectivity index (χ1n) is 10.6. The Bertz CT molecular complexity index is 1210. The Morgan fingerprint density at radius 1 is 1.24 bits per heavy atom. The molecule has 0 radical (unpaired) electrons. The molecule has 4 rings (SSSR count). The highest BCUT2D eigenvalue weighted by Gasteiger charge is 2.35. The minimum absolute atomic E-state index is 0.0739. The molecule has 0 fully saturated rings. The van der Waals surface area contributed by atoms with Gasteiger partial charge in [-0.2, -0.15) is 4.33 Å². The Hall–Kier alpha value is -3.12. The van der Waals surface area contributed by atoms with Crippen LogP contribution in [0, 0.1) is 0 Å². The zero-order valence-corrected chi connectivity index (χ0v) is 19.8. The molecule has 2 aromatic heterocycles. The molecule has 3 heterocycles. The first kappa shape index (κ1) is 24.0. The third-order valence-electron chi connectivity index (χ3n) is 5.13. The van der Waals surface area contributed by atoms with Gasteiger partial charge in [-0.05, 0) is 31.5 Å². The maximum absolute atomic E-state index is 13.3. The van der Waals surface area contributed by atoms with Crippen LogP contribution in [0.25, 0.3) is 0 Å². The third-order valence-corrected chi connectivity index (χ3v) is 5.72. The van der Waals surface area contributed by atoms with Crippen LogP contribution in [0.4, 0.5) is 0 Å². The minimum Gasteiger partial charge on any atom is -0.481 e. The highest BCUT2D eigenvalue weighted by Crippen LogP contribution is 2.28. The average molecular weight is 488 g/mol. The van der Waals surface area contributed by atoms with Gasteiger partial charge in [0.25, 0.3) is 11.5 Å². The van der Waals surface area contributed by atoms with Crippen LogP contribution >= 0.6 is 12.0 Å². The lowest BCUT2D eigenvalue weighted by Gasteiger charge is -2.32. The van der Waals surface area contributed by atoms with Crippen LogP contribution < -0.4 is 15.6 Å². The van der Waals surface area contributed by atoms with E-state index in [1.165, 1.54) is 11.7 Å². The number of aromatic nitrogens is 2. The van der Waals surface area contributed by atoms with Crippen LogP contribution in [-0.4, -0.2) is 29.2 Å². The third kappa shape index (κ3) is 5.33. The largest absolute Gasteiger partial charge is 0.481 e. The number of furan rings is 1. The van der Waals surface area contributed by atoms with Crippen molar-refractivity contribution in [3.05, 3.63) is 75.7 Å².